The number of nitrogen functional groups attached to an aromatic ring is 1. The molecule has 0 amide bonds. The van der Waals surface area contributed by atoms with Gasteiger partial charge in [0.15, 0.2) is 0 Å². The molecule has 0 bridgehead atoms. The zero-order chi connectivity index (χ0) is 12.9. The molecule has 0 spiro atoms. The molecule has 0 saturated carbocycles. The molecular formula is C12H14F3NO. The predicted molar refractivity (Wildman–Crippen MR) is 59.5 cm³/mol. The lowest BCUT2D eigenvalue weighted by Gasteiger charge is -2.05. The molecule has 1 aromatic carbocycles. The van der Waals surface area contributed by atoms with Gasteiger partial charge in [-0.05, 0) is 24.1 Å². The summed E-state index contributed by atoms with van der Waals surface area (Å²) in [6, 6.07) is 6.80. The number of benzene rings is 1. The number of halogens is 3. The Hall–Kier alpha value is -1.52. The van der Waals surface area contributed by atoms with Crippen LogP contribution in [0, 0.1) is 0 Å². The summed E-state index contributed by atoms with van der Waals surface area (Å²) >= 11 is 0. The maximum atomic E-state index is 11.9. The second-order valence-electron chi connectivity index (χ2n) is 3.93. The summed E-state index contributed by atoms with van der Waals surface area (Å²) in [6.07, 6.45) is -5.14. The van der Waals surface area contributed by atoms with E-state index in [0.717, 1.165) is 5.56 Å². The molecule has 94 valence electrons. The highest BCUT2D eigenvalue weighted by atomic mass is 19.4. The van der Waals surface area contributed by atoms with Gasteiger partial charge in [-0.15, -0.1) is 0 Å². The van der Waals surface area contributed by atoms with Gasteiger partial charge in [-0.3, -0.25) is 4.79 Å². The largest absolute Gasteiger partial charge is 0.399 e. The first-order chi connectivity index (χ1) is 7.87. The minimum atomic E-state index is -4.18. The first-order valence-electron chi connectivity index (χ1n) is 5.30. The fourth-order valence-electron chi connectivity index (χ4n) is 1.51. The minimum Gasteiger partial charge on any atom is -0.399 e. The Morgan fingerprint density at radius 1 is 1.29 bits per heavy atom. The molecule has 0 aliphatic rings. The van der Waals surface area contributed by atoms with Crippen molar-refractivity contribution in [3.8, 4) is 0 Å². The molecule has 0 unspecified atom stereocenters. The van der Waals surface area contributed by atoms with Gasteiger partial charge in [0.25, 0.3) is 0 Å². The summed E-state index contributed by atoms with van der Waals surface area (Å²) < 4.78 is 35.6. The van der Waals surface area contributed by atoms with Gasteiger partial charge in [0.2, 0.25) is 0 Å². The summed E-state index contributed by atoms with van der Waals surface area (Å²) in [7, 11) is 0. The second kappa shape index (κ2) is 5.70. The molecule has 1 aromatic rings. The van der Waals surface area contributed by atoms with E-state index in [1.54, 1.807) is 24.3 Å². The zero-order valence-electron chi connectivity index (χ0n) is 9.26. The third-order valence-corrected chi connectivity index (χ3v) is 2.27. The zero-order valence-corrected chi connectivity index (χ0v) is 9.26. The smallest absolute Gasteiger partial charge is 0.389 e. The Labute approximate surface area is 97.6 Å². The predicted octanol–water partition coefficient (Wildman–Crippen LogP) is 3.11. The van der Waals surface area contributed by atoms with Crippen molar-refractivity contribution in [1.29, 1.82) is 0 Å². The van der Waals surface area contributed by atoms with Crippen molar-refractivity contribution < 1.29 is 18.0 Å². The van der Waals surface area contributed by atoms with Crippen molar-refractivity contribution in [2.45, 2.75) is 31.9 Å². The van der Waals surface area contributed by atoms with Crippen LogP contribution in [0.15, 0.2) is 24.3 Å². The van der Waals surface area contributed by atoms with Crippen molar-refractivity contribution in [2.75, 3.05) is 5.73 Å². The van der Waals surface area contributed by atoms with Gasteiger partial charge in [0.05, 0.1) is 0 Å². The molecule has 2 N–H and O–H groups in total. The molecule has 0 atom stereocenters. The fraction of sp³-hybridized carbons (Fsp3) is 0.417. The van der Waals surface area contributed by atoms with E-state index in [1.807, 2.05) is 0 Å². The average Bonchev–Trinajstić information content (AvgIpc) is 2.15. The summed E-state index contributed by atoms with van der Waals surface area (Å²) in [6.45, 7) is 0. The molecule has 0 aliphatic heterocycles. The van der Waals surface area contributed by atoms with Gasteiger partial charge in [-0.2, -0.15) is 13.2 Å². The molecule has 0 heterocycles. The van der Waals surface area contributed by atoms with Crippen molar-refractivity contribution in [1.82, 2.24) is 0 Å². The van der Waals surface area contributed by atoms with E-state index >= 15 is 0 Å². The maximum Gasteiger partial charge on any atom is 0.389 e. The van der Waals surface area contributed by atoms with E-state index in [1.165, 1.54) is 0 Å². The van der Waals surface area contributed by atoms with Gasteiger partial charge in [0, 0.05) is 24.9 Å². The van der Waals surface area contributed by atoms with Gasteiger partial charge in [-0.1, -0.05) is 12.1 Å². The van der Waals surface area contributed by atoms with E-state index in [0.29, 0.717) is 5.69 Å². The maximum absolute atomic E-state index is 11.9. The number of rotatable bonds is 5. The van der Waals surface area contributed by atoms with Crippen LogP contribution in [0.5, 0.6) is 0 Å². The number of hydrogen-bond acceptors (Lipinski definition) is 2. The molecule has 5 heteroatoms. The number of nitrogens with two attached hydrogens (primary N) is 1. The van der Waals surface area contributed by atoms with Gasteiger partial charge in [-0.25, -0.2) is 0 Å². The number of hydrogen-bond donors (Lipinski definition) is 1. The first-order valence-corrected chi connectivity index (χ1v) is 5.30. The monoisotopic (exact) mass is 245 g/mol. The second-order valence-corrected chi connectivity index (χ2v) is 3.93. The van der Waals surface area contributed by atoms with Crippen LogP contribution in [-0.4, -0.2) is 12.0 Å². The topological polar surface area (TPSA) is 43.1 Å². The van der Waals surface area contributed by atoms with Gasteiger partial charge >= 0.3 is 6.18 Å². The Morgan fingerprint density at radius 3 is 2.59 bits per heavy atom. The lowest BCUT2D eigenvalue weighted by Crippen LogP contribution is -2.09. The minimum absolute atomic E-state index is 0.0473. The van der Waals surface area contributed by atoms with Crippen molar-refractivity contribution in [3.63, 3.8) is 0 Å². The van der Waals surface area contributed by atoms with Crippen LogP contribution in [0.4, 0.5) is 18.9 Å². The molecular weight excluding hydrogens is 231 g/mol. The number of ketones is 1. The molecule has 0 radical (unpaired) electrons. The molecule has 17 heavy (non-hydrogen) atoms. The van der Waals surface area contributed by atoms with Gasteiger partial charge in [0.1, 0.15) is 5.78 Å². The third-order valence-electron chi connectivity index (χ3n) is 2.27. The molecule has 0 aliphatic carbocycles. The van der Waals surface area contributed by atoms with Crippen LogP contribution in [0.3, 0.4) is 0 Å². The molecule has 0 fully saturated rings. The van der Waals surface area contributed by atoms with Crippen molar-refractivity contribution >= 4 is 11.5 Å². The normalized spacial score (nSPS) is 11.5. The van der Waals surface area contributed by atoms with Crippen LogP contribution in [-0.2, 0) is 11.2 Å². The van der Waals surface area contributed by atoms with Crippen molar-refractivity contribution in [2.24, 2.45) is 0 Å². The number of anilines is 1. The SMILES string of the molecule is Nc1cccc(CC(=O)CCCC(F)(F)F)c1. The molecule has 1 rings (SSSR count). The summed E-state index contributed by atoms with van der Waals surface area (Å²) in [5.41, 5.74) is 6.82. The number of carbonyl (C=O) groups excluding carboxylic acids is 1. The molecule has 0 aromatic heterocycles. The standard InChI is InChI=1S/C12H14F3NO/c13-12(14,15)6-2-5-11(17)8-9-3-1-4-10(16)7-9/h1,3-4,7H,2,5-6,8,16H2. The lowest BCUT2D eigenvalue weighted by molar-refractivity contribution is -0.137. The number of alkyl halides is 3. The molecule has 2 nitrogen and oxygen atoms in total. The molecule has 0 saturated heterocycles. The van der Waals surface area contributed by atoms with E-state index in [-0.39, 0.29) is 25.0 Å². The number of Topliss-reactive ketones (excluding diaryl/α,β-unsaturated/α-hetero) is 1. The Morgan fingerprint density at radius 2 is 2.00 bits per heavy atom. The summed E-state index contributed by atoms with van der Waals surface area (Å²) in [5.74, 6) is -0.195. The fourth-order valence-corrected chi connectivity index (χ4v) is 1.51. The van der Waals surface area contributed by atoms with Crippen LogP contribution < -0.4 is 5.73 Å². The highest BCUT2D eigenvalue weighted by Gasteiger charge is 2.26. The lowest BCUT2D eigenvalue weighted by atomic mass is 10.0. The Balaban J connectivity index is 2.35. The Bertz CT molecular complexity index is 388. The summed E-state index contributed by atoms with van der Waals surface area (Å²) in [4.78, 5) is 11.4. The van der Waals surface area contributed by atoms with Crippen LogP contribution in [0.1, 0.15) is 24.8 Å². The third kappa shape index (κ3) is 5.94. The van der Waals surface area contributed by atoms with Crippen molar-refractivity contribution in [3.05, 3.63) is 29.8 Å². The van der Waals surface area contributed by atoms with E-state index in [9.17, 15) is 18.0 Å². The quantitative estimate of drug-likeness (QED) is 0.810. The highest BCUT2D eigenvalue weighted by molar-refractivity contribution is 5.81. The summed E-state index contributed by atoms with van der Waals surface area (Å²) in [5, 5.41) is 0. The Kier molecular flexibility index (Phi) is 4.54. The van der Waals surface area contributed by atoms with Crippen LogP contribution >= 0.6 is 0 Å². The average molecular weight is 245 g/mol. The first kappa shape index (κ1) is 13.5. The van der Waals surface area contributed by atoms with Gasteiger partial charge < -0.3 is 5.73 Å². The van der Waals surface area contributed by atoms with Crippen LogP contribution in [0.2, 0.25) is 0 Å². The highest BCUT2D eigenvalue weighted by Crippen LogP contribution is 2.22. The van der Waals surface area contributed by atoms with Crippen LogP contribution in [0.25, 0.3) is 0 Å². The van der Waals surface area contributed by atoms with E-state index < -0.39 is 12.6 Å². The number of carbonyl (C=O) groups is 1. The van der Waals surface area contributed by atoms with E-state index in [4.69, 9.17) is 5.73 Å². The van der Waals surface area contributed by atoms with E-state index in [2.05, 4.69) is 0 Å².